The van der Waals surface area contributed by atoms with Crippen LogP contribution in [0.1, 0.15) is 38.4 Å². The average molecular weight is 253 g/mol. The highest BCUT2D eigenvalue weighted by molar-refractivity contribution is 4.83. The molecule has 1 aliphatic heterocycles. The number of aromatic nitrogens is 4. The quantitative estimate of drug-likeness (QED) is 0.807. The van der Waals surface area contributed by atoms with Crippen LogP contribution in [0.4, 0.5) is 0 Å². The Balaban J connectivity index is 1.89. The highest BCUT2D eigenvalue weighted by atomic mass is 16.3. The standard InChI is InChI=1S/C12H23N5O/c1-2-6-17-12(13-14-15-17)10-16-7-3-4-11(9-16)5-8-18/h11,18H,2-10H2,1H3. The van der Waals surface area contributed by atoms with Gasteiger partial charge in [0.25, 0.3) is 0 Å². The van der Waals surface area contributed by atoms with Crippen molar-refractivity contribution >= 4 is 0 Å². The van der Waals surface area contributed by atoms with Crippen LogP contribution in [0.5, 0.6) is 0 Å². The van der Waals surface area contributed by atoms with Gasteiger partial charge in [0, 0.05) is 19.7 Å². The fourth-order valence-electron chi connectivity index (χ4n) is 2.64. The molecule has 0 aromatic carbocycles. The smallest absolute Gasteiger partial charge is 0.165 e. The number of aliphatic hydroxyl groups excluding tert-OH is 1. The van der Waals surface area contributed by atoms with Crippen molar-refractivity contribution in [3.63, 3.8) is 0 Å². The van der Waals surface area contributed by atoms with Crippen LogP contribution in [0.15, 0.2) is 0 Å². The Labute approximate surface area is 108 Å². The van der Waals surface area contributed by atoms with Gasteiger partial charge in [0.2, 0.25) is 0 Å². The topological polar surface area (TPSA) is 67.1 Å². The van der Waals surface area contributed by atoms with Gasteiger partial charge < -0.3 is 5.11 Å². The average Bonchev–Trinajstić information content (AvgIpc) is 2.78. The lowest BCUT2D eigenvalue weighted by Crippen LogP contribution is -2.36. The van der Waals surface area contributed by atoms with E-state index in [0.29, 0.717) is 12.5 Å². The van der Waals surface area contributed by atoms with Crippen molar-refractivity contribution in [2.45, 2.75) is 45.7 Å². The first kappa shape index (κ1) is 13.4. The number of hydrogen-bond donors (Lipinski definition) is 1. The maximum Gasteiger partial charge on any atom is 0.165 e. The molecule has 1 aromatic rings. The summed E-state index contributed by atoms with van der Waals surface area (Å²) in [6.07, 6.45) is 4.40. The van der Waals surface area contributed by atoms with E-state index in [4.69, 9.17) is 5.11 Å². The van der Waals surface area contributed by atoms with Crippen molar-refractivity contribution in [2.75, 3.05) is 19.7 Å². The van der Waals surface area contributed by atoms with Crippen LogP contribution < -0.4 is 0 Å². The van der Waals surface area contributed by atoms with Crippen LogP contribution in [-0.4, -0.2) is 49.9 Å². The summed E-state index contributed by atoms with van der Waals surface area (Å²) in [5.41, 5.74) is 0. The van der Waals surface area contributed by atoms with E-state index < -0.39 is 0 Å². The third-order valence-corrected chi connectivity index (χ3v) is 3.55. The van der Waals surface area contributed by atoms with Gasteiger partial charge in [-0.15, -0.1) is 5.10 Å². The molecule has 1 unspecified atom stereocenters. The Morgan fingerprint density at radius 1 is 1.44 bits per heavy atom. The van der Waals surface area contributed by atoms with Crippen LogP contribution in [0, 0.1) is 5.92 Å². The fraction of sp³-hybridized carbons (Fsp3) is 0.917. The maximum absolute atomic E-state index is 9.02. The molecule has 1 N–H and O–H groups in total. The minimum atomic E-state index is 0.298. The van der Waals surface area contributed by atoms with Crippen LogP contribution in [0.2, 0.25) is 0 Å². The summed E-state index contributed by atoms with van der Waals surface area (Å²) in [7, 11) is 0. The van der Waals surface area contributed by atoms with Crippen molar-refractivity contribution in [2.24, 2.45) is 5.92 Å². The van der Waals surface area contributed by atoms with Crippen molar-refractivity contribution in [3.8, 4) is 0 Å². The first-order chi connectivity index (χ1) is 8.83. The molecule has 1 aromatic heterocycles. The normalized spacial score (nSPS) is 21.3. The molecule has 1 aliphatic rings. The van der Waals surface area contributed by atoms with Gasteiger partial charge in [-0.1, -0.05) is 6.92 Å². The van der Waals surface area contributed by atoms with E-state index in [1.165, 1.54) is 12.8 Å². The number of rotatable bonds is 6. The number of piperidine rings is 1. The SMILES string of the molecule is CCCn1nnnc1CN1CCCC(CCO)C1. The van der Waals surface area contributed by atoms with Crippen molar-refractivity contribution in [3.05, 3.63) is 5.82 Å². The monoisotopic (exact) mass is 253 g/mol. The first-order valence-electron chi connectivity index (χ1n) is 6.91. The summed E-state index contributed by atoms with van der Waals surface area (Å²) in [6, 6.07) is 0. The Hall–Kier alpha value is -1.01. The summed E-state index contributed by atoms with van der Waals surface area (Å²) in [5.74, 6) is 1.58. The lowest BCUT2D eigenvalue weighted by Gasteiger charge is -2.31. The van der Waals surface area contributed by atoms with Crippen LogP contribution in [0.3, 0.4) is 0 Å². The molecule has 2 heterocycles. The lowest BCUT2D eigenvalue weighted by atomic mass is 9.95. The summed E-state index contributed by atoms with van der Waals surface area (Å²) in [4.78, 5) is 2.40. The molecule has 0 spiro atoms. The number of likely N-dealkylation sites (tertiary alicyclic amines) is 1. The molecular weight excluding hydrogens is 230 g/mol. The van der Waals surface area contributed by atoms with Gasteiger partial charge in [-0.25, -0.2) is 4.68 Å². The van der Waals surface area contributed by atoms with Gasteiger partial charge in [-0.2, -0.15) is 0 Å². The molecule has 1 atom stereocenters. The van der Waals surface area contributed by atoms with Gasteiger partial charge in [0.05, 0.1) is 6.54 Å². The summed E-state index contributed by atoms with van der Waals surface area (Å²) in [6.45, 7) is 6.31. The molecule has 102 valence electrons. The van der Waals surface area contributed by atoms with Crippen molar-refractivity contribution < 1.29 is 5.11 Å². The molecular formula is C12H23N5O. The van der Waals surface area contributed by atoms with Gasteiger partial charge in [-0.3, -0.25) is 4.90 Å². The van der Waals surface area contributed by atoms with Crippen molar-refractivity contribution in [1.29, 1.82) is 0 Å². The largest absolute Gasteiger partial charge is 0.396 e. The number of hydrogen-bond acceptors (Lipinski definition) is 5. The molecule has 0 amide bonds. The Bertz CT molecular complexity index is 352. The molecule has 0 aliphatic carbocycles. The predicted octanol–water partition coefficient (Wildman–Crippen LogP) is 0.677. The summed E-state index contributed by atoms with van der Waals surface area (Å²) >= 11 is 0. The molecule has 0 saturated carbocycles. The lowest BCUT2D eigenvalue weighted by molar-refractivity contribution is 0.138. The number of aliphatic hydroxyl groups is 1. The van der Waals surface area contributed by atoms with Crippen LogP contribution >= 0.6 is 0 Å². The number of tetrazole rings is 1. The molecule has 0 bridgehead atoms. The van der Waals surface area contributed by atoms with E-state index in [2.05, 4.69) is 27.3 Å². The summed E-state index contributed by atoms with van der Waals surface area (Å²) in [5, 5.41) is 20.9. The molecule has 1 saturated heterocycles. The highest BCUT2D eigenvalue weighted by Gasteiger charge is 2.21. The van der Waals surface area contributed by atoms with E-state index >= 15 is 0 Å². The van der Waals surface area contributed by atoms with Gasteiger partial charge in [0.1, 0.15) is 0 Å². The Morgan fingerprint density at radius 2 is 2.33 bits per heavy atom. The zero-order valence-corrected chi connectivity index (χ0v) is 11.1. The van der Waals surface area contributed by atoms with E-state index in [-0.39, 0.29) is 0 Å². The molecule has 1 fully saturated rings. The van der Waals surface area contributed by atoms with Gasteiger partial charge in [-0.05, 0) is 48.6 Å². The Kier molecular flexibility index (Phi) is 5.07. The summed E-state index contributed by atoms with van der Waals surface area (Å²) < 4.78 is 1.90. The van der Waals surface area contributed by atoms with E-state index in [1.54, 1.807) is 0 Å². The van der Waals surface area contributed by atoms with E-state index in [0.717, 1.165) is 44.8 Å². The first-order valence-corrected chi connectivity index (χ1v) is 6.91. The van der Waals surface area contributed by atoms with E-state index in [9.17, 15) is 0 Å². The molecule has 6 nitrogen and oxygen atoms in total. The highest BCUT2D eigenvalue weighted by Crippen LogP contribution is 2.20. The molecule has 6 heteroatoms. The predicted molar refractivity (Wildman–Crippen MR) is 67.8 cm³/mol. The minimum Gasteiger partial charge on any atom is -0.396 e. The zero-order valence-electron chi connectivity index (χ0n) is 11.1. The second kappa shape index (κ2) is 6.80. The molecule has 2 rings (SSSR count). The number of aryl methyl sites for hydroxylation is 1. The second-order valence-electron chi connectivity index (χ2n) is 5.07. The second-order valence-corrected chi connectivity index (χ2v) is 5.07. The maximum atomic E-state index is 9.02. The minimum absolute atomic E-state index is 0.298. The third-order valence-electron chi connectivity index (χ3n) is 3.55. The van der Waals surface area contributed by atoms with E-state index in [1.807, 2.05) is 4.68 Å². The zero-order chi connectivity index (χ0) is 12.8. The Morgan fingerprint density at radius 3 is 3.11 bits per heavy atom. The fourth-order valence-corrected chi connectivity index (χ4v) is 2.64. The van der Waals surface area contributed by atoms with Gasteiger partial charge >= 0.3 is 0 Å². The number of nitrogens with zero attached hydrogens (tertiary/aromatic N) is 5. The van der Waals surface area contributed by atoms with Gasteiger partial charge in [0.15, 0.2) is 5.82 Å². The van der Waals surface area contributed by atoms with Crippen LogP contribution in [-0.2, 0) is 13.1 Å². The third kappa shape index (κ3) is 3.49. The molecule has 0 radical (unpaired) electrons. The van der Waals surface area contributed by atoms with Crippen molar-refractivity contribution in [1.82, 2.24) is 25.1 Å². The molecule has 18 heavy (non-hydrogen) atoms. The van der Waals surface area contributed by atoms with Crippen LogP contribution in [0.25, 0.3) is 0 Å².